The highest BCUT2D eigenvalue weighted by Gasteiger charge is 2.18. The van der Waals surface area contributed by atoms with E-state index >= 15 is 0 Å². The van der Waals surface area contributed by atoms with E-state index in [0.717, 1.165) is 0 Å². The van der Waals surface area contributed by atoms with Gasteiger partial charge in [-0.1, -0.05) is 0 Å². The molecule has 0 bridgehead atoms. The molecule has 2 aromatic heterocycles. The molecule has 0 saturated carbocycles. The number of anilines is 1. The van der Waals surface area contributed by atoms with Gasteiger partial charge in [0.05, 0.1) is 16.9 Å². The van der Waals surface area contributed by atoms with Crippen LogP contribution in [0, 0.1) is 13.8 Å². The summed E-state index contributed by atoms with van der Waals surface area (Å²) in [6.45, 7) is 3.44. The van der Waals surface area contributed by atoms with Crippen LogP contribution in [0.25, 0.3) is 0 Å². The SMILES string of the molecule is Cc1cc(NC(=O)c2cn(C)nc2C)c(C(=O)O)[nH]1. The van der Waals surface area contributed by atoms with Crippen LogP contribution in [-0.2, 0) is 7.05 Å². The van der Waals surface area contributed by atoms with E-state index in [-0.39, 0.29) is 17.3 Å². The van der Waals surface area contributed by atoms with Gasteiger partial charge in [0.15, 0.2) is 0 Å². The molecular formula is C12H14N4O3. The monoisotopic (exact) mass is 262 g/mol. The maximum Gasteiger partial charge on any atom is 0.354 e. The fourth-order valence-corrected chi connectivity index (χ4v) is 1.87. The third-order valence-electron chi connectivity index (χ3n) is 2.67. The first kappa shape index (κ1) is 12.9. The molecule has 0 spiro atoms. The van der Waals surface area contributed by atoms with E-state index in [4.69, 9.17) is 5.11 Å². The second-order valence-electron chi connectivity index (χ2n) is 4.30. The molecule has 1 amide bonds. The van der Waals surface area contributed by atoms with Crippen LogP contribution >= 0.6 is 0 Å². The van der Waals surface area contributed by atoms with E-state index in [1.807, 2.05) is 0 Å². The molecule has 0 radical (unpaired) electrons. The molecule has 2 heterocycles. The number of H-pyrrole nitrogens is 1. The Morgan fingerprint density at radius 3 is 2.63 bits per heavy atom. The number of aryl methyl sites for hydroxylation is 3. The number of carbonyl (C=O) groups is 2. The Bertz CT molecular complexity index is 654. The van der Waals surface area contributed by atoms with Crippen molar-refractivity contribution in [2.24, 2.45) is 7.05 Å². The number of aromatic carboxylic acids is 1. The maximum atomic E-state index is 12.1. The van der Waals surface area contributed by atoms with Crippen LogP contribution in [0.4, 0.5) is 5.69 Å². The predicted octanol–water partition coefficient (Wildman–Crippen LogP) is 1.32. The topological polar surface area (TPSA) is 100 Å². The average molecular weight is 262 g/mol. The quantitative estimate of drug-likeness (QED) is 0.776. The van der Waals surface area contributed by atoms with Gasteiger partial charge >= 0.3 is 5.97 Å². The van der Waals surface area contributed by atoms with Gasteiger partial charge in [-0.05, 0) is 19.9 Å². The third-order valence-corrected chi connectivity index (χ3v) is 2.67. The number of nitrogens with one attached hydrogen (secondary N) is 2. The molecule has 3 N–H and O–H groups in total. The van der Waals surface area contributed by atoms with E-state index in [1.165, 1.54) is 4.68 Å². The highest BCUT2D eigenvalue weighted by Crippen LogP contribution is 2.18. The summed E-state index contributed by atoms with van der Waals surface area (Å²) in [7, 11) is 1.72. The second kappa shape index (κ2) is 4.60. The molecule has 100 valence electrons. The molecule has 2 aromatic rings. The van der Waals surface area contributed by atoms with Crippen LogP contribution in [0.2, 0.25) is 0 Å². The Morgan fingerprint density at radius 2 is 2.11 bits per heavy atom. The van der Waals surface area contributed by atoms with Gasteiger partial charge in [0.2, 0.25) is 0 Å². The van der Waals surface area contributed by atoms with Crippen LogP contribution in [0.15, 0.2) is 12.3 Å². The normalized spacial score (nSPS) is 10.5. The smallest absolute Gasteiger partial charge is 0.354 e. The van der Waals surface area contributed by atoms with Crippen molar-refractivity contribution in [3.8, 4) is 0 Å². The zero-order valence-electron chi connectivity index (χ0n) is 10.8. The lowest BCUT2D eigenvalue weighted by Gasteiger charge is -2.03. The minimum Gasteiger partial charge on any atom is -0.477 e. The van der Waals surface area contributed by atoms with Gasteiger partial charge in [-0.2, -0.15) is 5.10 Å². The van der Waals surface area contributed by atoms with Gasteiger partial charge in [0.1, 0.15) is 5.69 Å². The zero-order valence-corrected chi connectivity index (χ0v) is 10.8. The molecule has 19 heavy (non-hydrogen) atoms. The largest absolute Gasteiger partial charge is 0.477 e. The minimum atomic E-state index is -1.12. The third kappa shape index (κ3) is 2.49. The predicted molar refractivity (Wildman–Crippen MR) is 68.4 cm³/mol. The van der Waals surface area contributed by atoms with Crippen molar-refractivity contribution in [1.82, 2.24) is 14.8 Å². The summed E-state index contributed by atoms with van der Waals surface area (Å²) in [6.07, 6.45) is 1.59. The number of carboxylic acids is 1. The van der Waals surface area contributed by atoms with Crippen molar-refractivity contribution in [3.05, 3.63) is 34.9 Å². The van der Waals surface area contributed by atoms with Gasteiger partial charge < -0.3 is 15.4 Å². The molecule has 0 aliphatic carbocycles. The number of aromatic nitrogens is 3. The zero-order chi connectivity index (χ0) is 14.2. The average Bonchev–Trinajstić information content (AvgIpc) is 2.81. The molecule has 7 nitrogen and oxygen atoms in total. The lowest BCUT2D eigenvalue weighted by molar-refractivity contribution is 0.0692. The van der Waals surface area contributed by atoms with Gasteiger partial charge in [0, 0.05) is 18.9 Å². The Balaban J connectivity index is 2.29. The number of hydrogen-bond acceptors (Lipinski definition) is 3. The van der Waals surface area contributed by atoms with Crippen LogP contribution in [0.5, 0.6) is 0 Å². The first-order valence-electron chi connectivity index (χ1n) is 5.63. The number of amides is 1. The fraction of sp³-hybridized carbons (Fsp3) is 0.250. The van der Waals surface area contributed by atoms with Crippen molar-refractivity contribution < 1.29 is 14.7 Å². The van der Waals surface area contributed by atoms with Gasteiger partial charge in [-0.25, -0.2) is 4.79 Å². The number of nitrogens with zero attached hydrogens (tertiary/aromatic N) is 2. The number of aromatic amines is 1. The number of rotatable bonds is 3. The highest BCUT2D eigenvalue weighted by atomic mass is 16.4. The van der Waals surface area contributed by atoms with E-state index in [0.29, 0.717) is 17.0 Å². The summed E-state index contributed by atoms with van der Waals surface area (Å²) >= 11 is 0. The maximum absolute atomic E-state index is 12.1. The molecular weight excluding hydrogens is 248 g/mol. The molecule has 0 saturated heterocycles. The molecule has 0 atom stereocenters. The Labute approximate surface area is 109 Å². The summed E-state index contributed by atoms with van der Waals surface area (Å²) < 4.78 is 1.53. The van der Waals surface area contributed by atoms with Crippen molar-refractivity contribution in [2.45, 2.75) is 13.8 Å². The molecule has 7 heteroatoms. The van der Waals surface area contributed by atoms with Crippen molar-refractivity contribution in [1.29, 1.82) is 0 Å². The van der Waals surface area contributed by atoms with Gasteiger partial charge in [0.25, 0.3) is 5.91 Å². The van der Waals surface area contributed by atoms with Crippen molar-refractivity contribution >= 4 is 17.6 Å². The van der Waals surface area contributed by atoms with Gasteiger partial charge in [-0.3, -0.25) is 9.48 Å². The number of carbonyl (C=O) groups excluding carboxylic acids is 1. The number of carboxylic acid groups (broad SMARTS) is 1. The van der Waals surface area contributed by atoms with E-state index in [2.05, 4.69) is 15.4 Å². The summed E-state index contributed by atoms with van der Waals surface area (Å²) in [6, 6.07) is 1.58. The second-order valence-corrected chi connectivity index (χ2v) is 4.30. The molecule has 2 rings (SSSR count). The van der Waals surface area contributed by atoms with E-state index < -0.39 is 5.97 Å². The molecule has 0 fully saturated rings. The fourth-order valence-electron chi connectivity index (χ4n) is 1.87. The van der Waals surface area contributed by atoms with Crippen LogP contribution < -0.4 is 5.32 Å². The summed E-state index contributed by atoms with van der Waals surface area (Å²) in [5.74, 6) is -1.50. The Morgan fingerprint density at radius 1 is 1.42 bits per heavy atom. The van der Waals surface area contributed by atoms with E-state index in [1.54, 1.807) is 33.2 Å². The molecule has 0 aromatic carbocycles. The van der Waals surface area contributed by atoms with E-state index in [9.17, 15) is 9.59 Å². The van der Waals surface area contributed by atoms with Crippen LogP contribution in [-0.4, -0.2) is 31.7 Å². The standard InChI is InChI=1S/C12H14N4O3/c1-6-4-9(10(13-6)12(18)19)14-11(17)8-5-16(3)15-7(8)2/h4-5,13H,1-3H3,(H,14,17)(H,18,19). The van der Waals surface area contributed by atoms with Crippen LogP contribution in [0.3, 0.4) is 0 Å². The lowest BCUT2D eigenvalue weighted by Crippen LogP contribution is -2.14. The van der Waals surface area contributed by atoms with Crippen LogP contribution in [0.1, 0.15) is 32.2 Å². The molecule has 0 aliphatic heterocycles. The van der Waals surface area contributed by atoms with Crippen molar-refractivity contribution in [2.75, 3.05) is 5.32 Å². The minimum absolute atomic E-state index is 0.0348. The van der Waals surface area contributed by atoms with Gasteiger partial charge in [-0.15, -0.1) is 0 Å². The summed E-state index contributed by atoms with van der Waals surface area (Å²) in [5.41, 5.74) is 1.88. The number of hydrogen-bond donors (Lipinski definition) is 3. The summed E-state index contributed by atoms with van der Waals surface area (Å²) in [5, 5.41) is 15.7. The first-order valence-corrected chi connectivity index (χ1v) is 5.63. The lowest BCUT2D eigenvalue weighted by atomic mass is 10.2. The summed E-state index contributed by atoms with van der Waals surface area (Å²) in [4.78, 5) is 25.8. The molecule has 0 aliphatic rings. The highest BCUT2D eigenvalue weighted by molar-refractivity contribution is 6.07. The molecule has 0 unspecified atom stereocenters. The Hall–Kier alpha value is -2.57. The Kier molecular flexibility index (Phi) is 3.12. The van der Waals surface area contributed by atoms with Crippen molar-refractivity contribution in [3.63, 3.8) is 0 Å². The first-order chi connectivity index (χ1) is 8.88.